The van der Waals surface area contributed by atoms with Crippen LogP contribution in [0.15, 0.2) is 24.4 Å². The highest BCUT2D eigenvalue weighted by molar-refractivity contribution is 5.99. The number of fused-ring (bicyclic) bond motifs is 3. The molecule has 1 aliphatic heterocycles. The van der Waals surface area contributed by atoms with E-state index in [1.54, 1.807) is 4.90 Å². The first-order valence-electron chi connectivity index (χ1n) is 11.7. The summed E-state index contributed by atoms with van der Waals surface area (Å²) in [5.41, 5.74) is 8.98. The molecule has 11 heteroatoms. The summed E-state index contributed by atoms with van der Waals surface area (Å²) in [5, 5.41) is 10.1. The lowest BCUT2D eigenvalue weighted by molar-refractivity contribution is -0.274. The first-order chi connectivity index (χ1) is 17.1. The van der Waals surface area contributed by atoms with Crippen molar-refractivity contribution >= 4 is 22.6 Å². The first-order valence-corrected chi connectivity index (χ1v) is 11.7. The fraction of sp³-hybridized carbons (Fsp3) is 0.400. The van der Waals surface area contributed by atoms with Crippen LogP contribution in [0.3, 0.4) is 0 Å². The Kier molecular flexibility index (Phi) is 5.98. The van der Waals surface area contributed by atoms with Crippen LogP contribution in [0.5, 0.6) is 5.75 Å². The van der Waals surface area contributed by atoms with E-state index >= 15 is 4.39 Å². The van der Waals surface area contributed by atoms with Gasteiger partial charge in [0.05, 0.1) is 23.7 Å². The van der Waals surface area contributed by atoms with Crippen molar-refractivity contribution in [1.29, 1.82) is 5.26 Å². The second kappa shape index (κ2) is 9.00. The molecule has 1 aliphatic carbocycles. The van der Waals surface area contributed by atoms with Crippen LogP contribution < -0.4 is 10.5 Å². The van der Waals surface area contributed by atoms with E-state index < -0.39 is 18.0 Å². The number of H-pyrrole nitrogens is 1. The van der Waals surface area contributed by atoms with Crippen LogP contribution in [0.1, 0.15) is 52.4 Å². The lowest BCUT2D eigenvalue weighted by atomic mass is 9.83. The van der Waals surface area contributed by atoms with Gasteiger partial charge in [-0.15, -0.1) is 13.2 Å². The second-order valence-corrected chi connectivity index (χ2v) is 9.26. The lowest BCUT2D eigenvalue weighted by Gasteiger charge is -2.33. The molecule has 3 N–H and O–H groups in total. The van der Waals surface area contributed by atoms with Crippen LogP contribution in [0.2, 0.25) is 0 Å². The molecule has 1 fully saturated rings. The molecule has 1 amide bonds. The number of hydrogen-bond acceptors (Lipinski definition) is 5. The zero-order chi connectivity index (χ0) is 25.6. The Morgan fingerprint density at radius 3 is 2.67 bits per heavy atom. The Morgan fingerprint density at radius 1 is 1.25 bits per heavy atom. The van der Waals surface area contributed by atoms with Crippen molar-refractivity contribution < 1.29 is 27.1 Å². The number of pyridine rings is 1. The second-order valence-electron chi connectivity index (χ2n) is 9.26. The van der Waals surface area contributed by atoms with E-state index in [0.29, 0.717) is 56.4 Å². The molecule has 2 aromatic heterocycles. The number of aromatic nitrogens is 2. The highest BCUT2D eigenvalue weighted by Gasteiger charge is 2.33. The van der Waals surface area contributed by atoms with Crippen LogP contribution in [0.25, 0.3) is 11.0 Å². The number of nitrogen functional groups attached to an aromatic ring is 1. The van der Waals surface area contributed by atoms with E-state index in [1.807, 2.05) is 0 Å². The molecular weight excluding hydrogens is 478 g/mol. The predicted molar refractivity (Wildman–Crippen MR) is 123 cm³/mol. The van der Waals surface area contributed by atoms with Gasteiger partial charge in [-0.05, 0) is 49.3 Å². The molecule has 36 heavy (non-hydrogen) atoms. The Hall–Kier alpha value is -3.81. The summed E-state index contributed by atoms with van der Waals surface area (Å²) >= 11 is 0. The number of nitrogens with zero attached hydrogens (tertiary/aromatic N) is 3. The van der Waals surface area contributed by atoms with Gasteiger partial charge in [0.2, 0.25) is 0 Å². The number of amides is 1. The zero-order valence-electron chi connectivity index (χ0n) is 19.2. The van der Waals surface area contributed by atoms with E-state index in [0.717, 1.165) is 28.8 Å². The van der Waals surface area contributed by atoms with Crippen molar-refractivity contribution in [3.63, 3.8) is 0 Å². The lowest BCUT2D eigenvalue weighted by Crippen LogP contribution is -2.38. The third-order valence-electron chi connectivity index (χ3n) is 7.06. The Balaban J connectivity index is 1.34. The number of nitriles is 1. The maximum absolute atomic E-state index is 15.1. The average molecular weight is 501 g/mol. The Morgan fingerprint density at radius 2 is 2.00 bits per heavy atom. The normalized spacial score (nSPS) is 18.6. The summed E-state index contributed by atoms with van der Waals surface area (Å²) < 4.78 is 56.3. The van der Waals surface area contributed by atoms with Crippen molar-refractivity contribution in [2.24, 2.45) is 5.92 Å². The molecule has 2 aliphatic rings. The molecule has 0 saturated carbocycles. The van der Waals surface area contributed by atoms with Gasteiger partial charge in [0.25, 0.3) is 5.91 Å². The van der Waals surface area contributed by atoms with E-state index in [1.165, 1.54) is 12.3 Å². The molecule has 1 unspecified atom stereocenters. The van der Waals surface area contributed by atoms with Crippen molar-refractivity contribution in [2.45, 2.75) is 44.4 Å². The summed E-state index contributed by atoms with van der Waals surface area (Å²) in [7, 11) is 0. The number of alkyl halides is 3. The minimum Gasteiger partial charge on any atom is -0.406 e. The fourth-order valence-corrected chi connectivity index (χ4v) is 5.37. The first kappa shape index (κ1) is 23.9. The third-order valence-corrected chi connectivity index (χ3v) is 7.06. The topological polar surface area (TPSA) is 108 Å². The quantitative estimate of drug-likeness (QED) is 0.395. The van der Waals surface area contributed by atoms with E-state index in [4.69, 9.17) is 5.73 Å². The van der Waals surface area contributed by atoms with Crippen molar-refractivity contribution in [2.75, 3.05) is 18.8 Å². The molecular formula is C25H23F4N5O2. The molecule has 1 atom stereocenters. The molecule has 0 radical (unpaired) electrons. The third kappa shape index (κ3) is 4.43. The molecule has 1 saturated heterocycles. The maximum Gasteiger partial charge on any atom is 0.573 e. The number of nitrogens with one attached hydrogen (secondary N) is 1. The van der Waals surface area contributed by atoms with Gasteiger partial charge in [-0.1, -0.05) is 0 Å². The molecule has 5 rings (SSSR count). The fourth-order valence-electron chi connectivity index (χ4n) is 5.37. The Labute approximate surface area is 203 Å². The maximum atomic E-state index is 15.1. The number of aryl methyl sites for hydroxylation is 1. The number of hydrogen-bond donors (Lipinski definition) is 2. The zero-order valence-corrected chi connectivity index (χ0v) is 19.2. The van der Waals surface area contributed by atoms with Crippen LogP contribution in [-0.4, -0.2) is 40.2 Å². The molecule has 3 heterocycles. The molecule has 0 bridgehead atoms. The molecule has 7 nitrogen and oxygen atoms in total. The molecule has 188 valence electrons. The highest BCUT2D eigenvalue weighted by atomic mass is 19.4. The number of carbonyl (C=O) groups excluding carboxylic acids is 1. The van der Waals surface area contributed by atoms with Gasteiger partial charge in [0, 0.05) is 47.9 Å². The van der Waals surface area contributed by atoms with Crippen LogP contribution in [0, 0.1) is 23.1 Å². The number of halogens is 4. The standard InChI is InChI=1S/C25H23F4N5O2/c26-18-12-32-23-22(17-3-1-13(11-30)9-20(17)33-23)21(18)14-5-7-34(8-6-14)24(35)16-4-2-15(10-19(16)31)36-25(27,28)29/h2,4,10,12-14H,1,3,5-9,31H2,(H,32,33). The summed E-state index contributed by atoms with van der Waals surface area (Å²) in [6, 6.07) is 5.56. The van der Waals surface area contributed by atoms with Crippen molar-refractivity contribution in [1.82, 2.24) is 14.9 Å². The monoisotopic (exact) mass is 501 g/mol. The number of likely N-dealkylation sites (tertiary alicyclic amines) is 1. The van der Waals surface area contributed by atoms with Gasteiger partial charge in [-0.3, -0.25) is 4.79 Å². The molecule has 0 spiro atoms. The minimum absolute atomic E-state index is 0.0744. The minimum atomic E-state index is -4.86. The number of aromatic amines is 1. The van der Waals surface area contributed by atoms with E-state index in [9.17, 15) is 23.2 Å². The summed E-state index contributed by atoms with van der Waals surface area (Å²) in [4.78, 5) is 22.1. The van der Waals surface area contributed by atoms with Crippen LogP contribution in [0.4, 0.5) is 23.2 Å². The summed E-state index contributed by atoms with van der Waals surface area (Å²) in [5.74, 6) is -1.49. The SMILES string of the molecule is N#CC1CCc2c([nH]c3ncc(F)c(C4CCN(C(=O)c5ccc(OC(F)(F)F)cc5N)CC4)c23)C1. The van der Waals surface area contributed by atoms with Crippen molar-refractivity contribution in [3.8, 4) is 11.8 Å². The van der Waals surface area contributed by atoms with Gasteiger partial charge in [-0.25, -0.2) is 9.37 Å². The number of rotatable bonds is 3. The largest absolute Gasteiger partial charge is 0.573 e. The van der Waals surface area contributed by atoms with E-state index in [-0.39, 0.29) is 28.9 Å². The van der Waals surface area contributed by atoms with Crippen molar-refractivity contribution in [3.05, 3.63) is 52.6 Å². The number of carbonyl (C=O) groups is 1. The van der Waals surface area contributed by atoms with Gasteiger partial charge in [-0.2, -0.15) is 5.26 Å². The van der Waals surface area contributed by atoms with E-state index in [2.05, 4.69) is 20.8 Å². The summed E-state index contributed by atoms with van der Waals surface area (Å²) in [6.07, 6.45) is -0.641. The number of nitrogens with two attached hydrogens (primary N) is 1. The van der Waals surface area contributed by atoms with Gasteiger partial charge < -0.3 is 20.4 Å². The average Bonchev–Trinajstić information content (AvgIpc) is 3.20. The number of benzene rings is 1. The molecule has 1 aromatic carbocycles. The number of anilines is 1. The van der Waals surface area contributed by atoms with Gasteiger partial charge in [0.15, 0.2) is 0 Å². The number of piperidine rings is 1. The number of ether oxygens (including phenoxy) is 1. The summed E-state index contributed by atoms with van der Waals surface area (Å²) in [6.45, 7) is 0.687. The van der Waals surface area contributed by atoms with Crippen LogP contribution >= 0.6 is 0 Å². The predicted octanol–water partition coefficient (Wildman–Crippen LogP) is 4.83. The van der Waals surface area contributed by atoms with Gasteiger partial charge in [0.1, 0.15) is 17.2 Å². The van der Waals surface area contributed by atoms with Gasteiger partial charge >= 0.3 is 6.36 Å². The molecule has 3 aromatic rings. The Bertz CT molecular complexity index is 1370. The smallest absolute Gasteiger partial charge is 0.406 e. The highest BCUT2D eigenvalue weighted by Crippen LogP contribution is 2.40. The van der Waals surface area contributed by atoms with Crippen LogP contribution in [-0.2, 0) is 12.8 Å².